The Morgan fingerprint density at radius 3 is 2.48 bits per heavy atom. The zero-order valence-corrected chi connectivity index (χ0v) is 15.5. The lowest BCUT2D eigenvalue weighted by atomic mass is 10.1. The second kappa shape index (κ2) is 7.59. The lowest BCUT2D eigenvalue weighted by molar-refractivity contribution is -0.123. The number of nitrogens with zero attached hydrogens (tertiary/aromatic N) is 4. The van der Waals surface area contributed by atoms with Crippen molar-refractivity contribution in [2.24, 2.45) is 0 Å². The first kappa shape index (κ1) is 19.0. The number of piperazine rings is 1. The SMILES string of the molecule is O=C(O)c1cccc(N2C(=O)CC(N3CCN(c4cccc(F)n4)CC3)C2=O)c1. The monoisotopic (exact) mass is 398 g/mol. The Morgan fingerprint density at radius 1 is 1.07 bits per heavy atom. The topological polar surface area (TPSA) is 94.1 Å². The average Bonchev–Trinajstić information content (AvgIpc) is 3.02. The summed E-state index contributed by atoms with van der Waals surface area (Å²) in [7, 11) is 0. The fourth-order valence-corrected chi connectivity index (χ4v) is 3.79. The van der Waals surface area contributed by atoms with Crippen molar-refractivity contribution in [3.63, 3.8) is 0 Å². The minimum absolute atomic E-state index is 0.0164. The van der Waals surface area contributed by atoms with Crippen LogP contribution in [0.15, 0.2) is 42.5 Å². The van der Waals surface area contributed by atoms with Gasteiger partial charge < -0.3 is 10.0 Å². The third-order valence-corrected chi connectivity index (χ3v) is 5.25. The summed E-state index contributed by atoms with van der Waals surface area (Å²) in [6, 6.07) is 9.85. The molecule has 0 spiro atoms. The molecule has 3 heterocycles. The molecule has 4 rings (SSSR count). The van der Waals surface area contributed by atoms with Gasteiger partial charge in [0.2, 0.25) is 11.9 Å². The van der Waals surface area contributed by atoms with Crippen LogP contribution in [0.2, 0.25) is 0 Å². The molecule has 1 unspecified atom stereocenters. The van der Waals surface area contributed by atoms with Crippen LogP contribution < -0.4 is 9.80 Å². The van der Waals surface area contributed by atoms with Crippen molar-refractivity contribution in [2.75, 3.05) is 36.0 Å². The molecule has 1 aromatic carbocycles. The van der Waals surface area contributed by atoms with Gasteiger partial charge >= 0.3 is 5.97 Å². The van der Waals surface area contributed by atoms with Gasteiger partial charge in [0.25, 0.3) is 5.91 Å². The van der Waals surface area contributed by atoms with Crippen LogP contribution >= 0.6 is 0 Å². The van der Waals surface area contributed by atoms with Crippen molar-refractivity contribution in [3.8, 4) is 0 Å². The number of carbonyl (C=O) groups is 3. The summed E-state index contributed by atoms with van der Waals surface area (Å²) in [5, 5.41) is 9.15. The van der Waals surface area contributed by atoms with E-state index in [9.17, 15) is 18.8 Å². The van der Waals surface area contributed by atoms with Gasteiger partial charge in [-0.15, -0.1) is 0 Å². The number of halogens is 1. The van der Waals surface area contributed by atoms with Crippen molar-refractivity contribution < 1.29 is 23.9 Å². The Bertz CT molecular complexity index is 974. The largest absolute Gasteiger partial charge is 0.478 e. The molecule has 29 heavy (non-hydrogen) atoms. The van der Waals surface area contributed by atoms with Crippen LogP contribution in [-0.4, -0.2) is 65.0 Å². The molecular formula is C20H19FN4O4. The number of rotatable bonds is 4. The summed E-state index contributed by atoms with van der Waals surface area (Å²) in [5.74, 6) is -1.82. The molecule has 2 fully saturated rings. The first-order valence-electron chi connectivity index (χ1n) is 9.26. The van der Waals surface area contributed by atoms with Crippen LogP contribution in [0.5, 0.6) is 0 Å². The van der Waals surface area contributed by atoms with Crippen LogP contribution in [0.4, 0.5) is 15.9 Å². The molecule has 2 amide bonds. The number of aromatic carboxylic acids is 1. The molecule has 0 radical (unpaired) electrons. The number of benzene rings is 1. The minimum Gasteiger partial charge on any atom is -0.478 e. The van der Waals surface area contributed by atoms with Crippen molar-refractivity contribution in [1.82, 2.24) is 9.88 Å². The molecular weight excluding hydrogens is 379 g/mol. The minimum atomic E-state index is -1.12. The molecule has 1 N–H and O–H groups in total. The van der Waals surface area contributed by atoms with E-state index in [0.29, 0.717) is 32.0 Å². The van der Waals surface area contributed by atoms with Crippen molar-refractivity contribution in [3.05, 3.63) is 54.0 Å². The average molecular weight is 398 g/mol. The van der Waals surface area contributed by atoms with E-state index >= 15 is 0 Å². The Morgan fingerprint density at radius 2 is 1.79 bits per heavy atom. The van der Waals surface area contributed by atoms with E-state index in [2.05, 4.69) is 4.98 Å². The first-order chi connectivity index (χ1) is 13.9. The lowest BCUT2D eigenvalue weighted by Gasteiger charge is -2.37. The smallest absolute Gasteiger partial charge is 0.335 e. The van der Waals surface area contributed by atoms with E-state index in [1.165, 1.54) is 24.3 Å². The molecule has 0 bridgehead atoms. The molecule has 9 heteroatoms. The molecule has 2 aliphatic rings. The summed E-state index contributed by atoms with van der Waals surface area (Å²) in [6.45, 7) is 2.18. The molecule has 2 aromatic rings. The summed E-state index contributed by atoms with van der Waals surface area (Å²) >= 11 is 0. The van der Waals surface area contributed by atoms with Gasteiger partial charge in [0.1, 0.15) is 5.82 Å². The molecule has 8 nitrogen and oxygen atoms in total. The molecule has 0 saturated carbocycles. The fraction of sp³-hybridized carbons (Fsp3) is 0.300. The van der Waals surface area contributed by atoms with Crippen LogP contribution in [0, 0.1) is 5.95 Å². The maximum absolute atomic E-state index is 13.3. The van der Waals surface area contributed by atoms with Gasteiger partial charge in [0.05, 0.1) is 23.7 Å². The molecule has 0 aliphatic carbocycles. The van der Waals surface area contributed by atoms with E-state index in [1.54, 1.807) is 18.2 Å². The number of imide groups is 1. The number of carboxylic acid groups (broad SMARTS) is 1. The van der Waals surface area contributed by atoms with Crippen LogP contribution in [-0.2, 0) is 9.59 Å². The second-order valence-corrected chi connectivity index (χ2v) is 6.98. The number of aromatic nitrogens is 1. The third kappa shape index (κ3) is 3.68. The lowest BCUT2D eigenvalue weighted by Crippen LogP contribution is -2.52. The highest BCUT2D eigenvalue weighted by atomic mass is 19.1. The first-order valence-corrected chi connectivity index (χ1v) is 9.26. The van der Waals surface area contributed by atoms with Gasteiger partial charge in [-0.25, -0.2) is 14.7 Å². The number of hydrogen-bond donors (Lipinski definition) is 1. The highest BCUT2D eigenvalue weighted by Crippen LogP contribution is 2.27. The predicted molar refractivity (Wildman–Crippen MR) is 102 cm³/mol. The maximum Gasteiger partial charge on any atom is 0.335 e. The summed E-state index contributed by atoms with van der Waals surface area (Å²) in [5.41, 5.74) is 0.285. The molecule has 1 atom stereocenters. The maximum atomic E-state index is 13.3. The van der Waals surface area contributed by atoms with E-state index in [1.807, 2.05) is 9.80 Å². The van der Waals surface area contributed by atoms with Gasteiger partial charge in [0.15, 0.2) is 0 Å². The Kier molecular flexibility index (Phi) is 4.98. The Hall–Kier alpha value is -3.33. The van der Waals surface area contributed by atoms with Gasteiger partial charge in [-0.3, -0.25) is 14.5 Å². The number of hydrogen-bond acceptors (Lipinski definition) is 6. The number of anilines is 2. The third-order valence-electron chi connectivity index (χ3n) is 5.25. The Labute approximate surface area is 166 Å². The van der Waals surface area contributed by atoms with Crippen LogP contribution in [0.1, 0.15) is 16.8 Å². The van der Waals surface area contributed by atoms with Crippen molar-refractivity contribution in [2.45, 2.75) is 12.5 Å². The quantitative estimate of drug-likeness (QED) is 0.614. The summed E-state index contributed by atoms with van der Waals surface area (Å²) < 4.78 is 13.3. The van der Waals surface area contributed by atoms with E-state index in [4.69, 9.17) is 5.11 Å². The van der Waals surface area contributed by atoms with Gasteiger partial charge in [-0.2, -0.15) is 4.39 Å². The van der Waals surface area contributed by atoms with Gasteiger partial charge in [-0.05, 0) is 30.3 Å². The Balaban J connectivity index is 1.46. The van der Waals surface area contributed by atoms with Gasteiger partial charge in [-0.1, -0.05) is 12.1 Å². The normalized spacial score (nSPS) is 20.4. The summed E-state index contributed by atoms with van der Waals surface area (Å²) in [6.07, 6.45) is 0.0499. The standard InChI is InChI=1S/C20H19FN4O4/c21-16-5-2-6-17(22-16)24-9-7-23(8-10-24)15-12-18(26)25(19(15)27)14-4-1-3-13(11-14)20(28)29/h1-6,11,15H,7-10,12H2,(H,28,29). The van der Waals surface area contributed by atoms with E-state index < -0.39 is 18.0 Å². The van der Waals surface area contributed by atoms with E-state index in [-0.39, 0.29) is 29.5 Å². The highest BCUT2D eigenvalue weighted by molar-refractivity contribution is 6.22. The van der Waals surface area contributed by atoms with Crippen LogP contribution in [0.3, 0.4) is 0 Å². The zero-order chi connectivity index (χ0) is 20.5. The fourth-order valence-electron chi connectivity index (χ4n) is 3.79. The number of pyridine rings is 1. The van der Waals surface area contributed by atoms with Crippen molar-refractivity contribution >= 4 is 29.3 Å². The molecule has 2 aliphatic heterocycles. The predicted octanol–water partition coefficient (Wildman–Crippen LogP) is 1.37. The van der Waals surface area contributed by atoms with Crippen molar-refractivity contribution in [1.29, 1.82) is 0 Å². The van der Waals surface area contributed by atoms with E-state index in [0.717, 1.165) is 4.90 Å². The zero-order valence-electron chi connectivity index (χ0n) is 15.5. The molecule has 1 aromatic heterocycles. The highest BCUT2D eigenvalue weighted by Gasteiger charge is 2.43. The molecule has 150 valence electrons. The van der Waals surface area contributed by atoms with Gasteiger partial charge in [0, 0.05) is 26.2 Å². The van der Waals surface area contributed by atoms with Crippen LogP contribution in [0.25, 0.3) is 0 Å². The number of carbonyl (C=O) groups excluding carboxylic acids is 2. The number of amides is 2. The second-order valence-electron chi connectivity index (χ2n) is 6.98. The molecule has 2 saturated heterocycles. The summed E-state index contributed by atoms with van der Waals surface area (Å²) in [4.78, 5) is 45.5. The number of carboxylic acids is 1.